The number of hydrogen-bond acceptors (Lipinski definition) is 6. The number of carbonyl (C=O) groups excluding carboxylic acids is 2. The van der Waals surface area contributed by atoms with Crippen molar-refractivity contribution >= 4 is 61.6 Å². The fraction of sp³-hybridized carbons (Fsp3) is 0.167. The Bertz CT molecular complexity index is 429. The first kappa shape index (κ1) is 28.5. The van der Waals surface area contributed by atoms with E-state index in [1.54, 1.807) is 0 Å². The van der Waals surface area contributed by atoms with Crippen molar-refractivity contribution in [3.63, 3.8) is 0 Å². The van der Waals surface area contributed by atoms with Gasteiger partial charge in [0.15, 0.2) is 0 Å². The zero-order valence-electron chi connectivity index (χ0n) is 11.9. The maximum atomic E-state index is 10.3. The van der Waals surface area contributed by atoms with Gasteiger partial charge in [-0.3, -0.25) is 0 Å². The van der Waals surface area contributed by atoms with Gasteiger partial charge in [-0.15, -0.1) is 0 Å². The first-order valence-corrected chi connectivity index (χ1v) is 4.99. The monoisotopic (exact) mass is 342 g/mol. The van der Waals surface area contributed by atoms with Gasteiger partial charge in [0, 0.05) is 11.9 Å². The maximum absolute atomic E-state index is 10.3. The molecule has 0 atom stereocenters. The molecule has 1 rings (SSSR count). The number of carbonyl (C=O) groups is 4. The molecule has 0 unspecified atom stereocenters. The molecule has 0 aromatic heterocycles. The molecule has 0 fully saturated rings. The molecule has 0 saturated carbocycles. The Hall–Kier alpha value is -1.68. The smallest absolute Gasteiger partial charge is 0.550 e. The summed E-state index contributed by atoms with van der Waals surface area (Å²) in [5.41, 5.74) is 0.167. The topological polar surface area (TPSA) is 186 Å². The van der Waals surface area contributed by atoms with Crippen LogP contribution < -0.4 is 10.2 Å². The van der Waals surface area contributed by atoms with Crippen LogP contribution in [-0.2, 0) is 9.59 Å². The third-order valence-corrected chi connectivity index (χ3v) is 1.38. The van der Waals surface area contributed by atoms with Crippen molar-refractivity contribution in [3.8, 4) is 0 Å². The van der Waals surface area contributed by atoms with Gasteiger partial charge in [0.05, 0.1) is 11.1 Å². The average Bonchev–Trinajstić information content (AvgIpc) is 2.27. The summed E-state index contributed by atoms with van der Waals surface area (Å²) in [7, 11) is 0. The predicted molar refractivity (Wildman–Crippen MR) is 71.1 cm³/mol. The number of carboxylic acids is 4. The molecule has 4 N–H and O–H groups in total. The van der Waals surface area contributed by atoms with Gasteiger partial charge < -0.3 is 35.5 Å². The van der Waals surface area contributed by atoms with E-state index in [1.807, 2.05) is 0 Å². The molecule has 0 radical (unpaired) electrons. The first-order chi connectivity index (χ1) is 9.07. The second-order valence-corrected chi connectivity index (χ2v) is 3.17. The zero-order valence-corrected chi connectivity index (χ0v) is 14.1. The molecule has 0 bridgehead atoms. The van der Waals surface area contributed by atoms with Gasteiger partial charge in [0.1, 0.15) is 0 Å². The number of hydrogen-bond donors (Lipinski definition) is 2. The molecule has 9 nitrogen and oxygen atoms in total. The van der Waals surface area contributed by atoms with Crippen LogP contribution in [0.15, 0.2) is 24.3 Å². The van der Waals surface area contributed by atoms with Crippen LogP contribution in [-0.4, -0.2) is 77.3 Å². The Labute approximate surface area is 155 Å². The average molecular weight is 342 g/mol. The van der Waals surface area contributed by atoms with Crippen LogP contribution in [0, 0.1) is 0 Å². The second kappa shape index (κ2) is 15.7. The summed E-state index contributed by atoms with van der Waals surface area (Å²) in [6.45, 7) is 1.94. The first-order valence-electron chi connectivity index (χ1n) is 4.99. The van der Waals surface area contributed by atoms with E-state index >= 15 is 0 Å². The fourth-order valence-corrected chi connectivity index (χ4v) is 0.755. The van der Waals surface area contributed by atoms with E-state index in [4.69, 9.17) is 30.0 Å². The van der Waals surface area contributed by atoms with Gasteiger partial charge in [-0.25, -0.2) is 9.59 Å². The summed E-state index contributed by atoms with van der Waals surface area (Å²) in [6, 6.07) is 5.02. The minimum Gasteiger partial charge on any atom is -0.550 e. The summed E-state index contributed by atoms with van der Waals surface area (Å²) in [6.07, 6.45) is 0. The maximum Gasteiger partial charge on any atom is 2.00 e. The molecule has 0 spiro atoms. The number of benzene rings is 1. The van der Waals surface area contributed by atoms with E-state index in [1.165, 1.54) is 24.3 Å². The summed E-state index contributed by atoms with van der Waals surface area (Å²) in [4.78, 5) is 38.4. The number of aliphatic carboxylic acids is 2. The molecule has 0 heterocycles. The normalized spacial score (nSPS) is 7.36. The largest absolute Gasteiger partial charge is 2.00 e. The van der Waals surface area contributed by atoms with Crippen molar-refractivity contribution in [1.29, 1.82) is 0 Å². The molecule has 22 heavy (non-hydrogen) atoms. The fourth-order valence-electron chi connectivity index (χ4n) is 0.755. The Balaban J connectivity index is -0.000000138. The van der Waals surface area contributed by atoms with Crippen LogP contribution in [0.4, 0.5) is 0 Å². The number of aromatic carboxylic acids is 2. The minimum atomic E-state index is -1.08. The van der Waals surface area contributed by atoms with E-state index in [-0.39, 0.29) is 54.3 Å². The summed E-state index contributed by atoms with van der Waals surface area (Å²) in [5, 5.41) is 34.7. The quantitative estimate of drug-likeness (QED) is 0.547. The Kier molecular flexibility index (Phi) is 20.3. The van der Waals surface area contributed by atoms with Crippen LogP contribution in [0.5, 0.6) is 0 Å². The molecule has 0 amide bonds. The third-order valence-electron chi connectivity index (χ3n) is 1.38. The molecule has 0 saturated heterocycles. The minimum absolute atomic E-state index is 0. The molecular formula is C12H14CaO9. The van der Waals surface area contributed by atoms with Gasteiger partial charge >= 0.3 is 49.7 Å². The standard InChI is InChI=1S/C8H6O4.2C2H4O2.Ca.H2O/c9-7(10)5-1-2-6(4-3-5)8(11)12;2*1-2(3)4;;/h1-4H,(H,9,10)(H,11,12);2*1H3,(H,3,4);;1H2/q;;;+2;/p-2. The molecular weight excluding hydrogens is 328 g/mol. The van der Waals surface area contributed by atoms with Crippen molar-refractivity contribution in [2.24, 2.45) is 0 Å². The van der Waals surface area contributed by atoms with Crippen molar-refractivity contribution in [2.75, 3.05) is 0 Å². The summed E-state index contributed by atoms with van der Waals surface area (Å²) < 4.78 is 0. The number of carboxylic acid groups (broad SMARTS) is 4. The van der Waals surface area contributed by atoms with E-state index in [0.717, 1.165) is 13.8 Å². The van der Waals surface area contributed by atoms with Crippen molar-refractivity contribution in [1.82, 2.24) is 0 Å². The van der Waals surface area contributed by atoms with E-state index in [0.29, 0.717) is 0 Å². The molecule has 0 aliphatic rings. The van der Waals surface area contributed by atoms with Gasteiger partial charge in [-0.1, -0.05) is 0 Å². The van der Waals surface area contributed by atoms with E-state index < -0.39 is 23.9 Å². The number of rotatable bonds is 2. The molecule has 0 aliphatic heterocycles. The van der Waals surface area contributed by atoms with E-state index in [9.17, 15) is 9.59 Å². The molecule has 1 aromatic rings. The molecule has 10 heteroatoms. The third kappa shape index (κ3) is 20.6. The van der Waals surface area contributed by atoms with Gasteiger partial charge in [-0.05, 0) is 38.1 Å². The van der Waals surface area contributed by atoms with Crippen molar-refractivity contribution in [3.05, 3.63) is 35.4 Å². The van der Waals surface area contributed by atoms with Crippen LogP contribution in [0.25, 0.3) is 0 Å². The van der Waals surface area contributed by atoms with Gasteiger partial charge in [0.2, 0.25) is 0 Å². The Morgan fingerprint density at radius 1 is 0.773 bits per heavy atom. The Morgan fingerprint density at radius 2 is 0.909 bits per heavy atom. The molecule has 1 aromatic carbocycles. The summed E-state index contributed by atoms with van der Waals surface area (Å²) in [5.74, 6) is -4.29. The van der Waals surface area contributed by atoms with Gasteiger partial charge in [0.25, 0.3) is 0 Å². The van der Waals surface area contributed by atoms with Crippen LogP contribution in [0.2, 0.25) is 0 Å². The van der Waals surface area contributed by atoms with Crippen LogP contribution in [0.3, 0.4) is 0 Å². The molecule has 0 aliphatic carbocycles. The van der Waals surface area contributed by atoms with Crippen molar-refractivity contribution in [2.45, 2.75) is 13.8 Å². The summed E-state index contributed by atoms with van der Waals surface area (Å²) >= 11 is 0. The van der Waals surface area contributed by atoms with Crippen molar-refractivity contribution < 1.29 is 45.1 Å². The van der Waals surface area contributed by atoms with Gasteiger partial charge in [-0.2, -0.15) is 0 Å². The van der Waals surface area contributed by atoms with E-state index in [2.05, 4.69) is 0 Å². The van der Waals surface area contributed by atoms with Crippen LogP contribution in [0.1, 0.15) is 34.6 Å². The Morgan fingerprint density at radius 3 is 1.00 bits per heavy atom. The zero-order chi connectivity index (χ0) is 16.3. The SMILES string of the molecule is CC(=O)[O-].CC(=O)[O-].O.O=C(O)c1ccc(C(=O)O)cc1.[Ca+2]. The second-order valence-electron chi connectivity index (χ2n) is 3.17. The predicted octanol–water partition coefficient (Wildman–Crippen LogP) is -2.61. The molecule has 118 valence electrons. The van der Waals surface area contributed by atoms with Crippen LogP contribution >= 0.6 is 0 Å².